The second-order valence-corrected chi connectivity index (χ2v) is 5.03. The minimum Gasteiger partial charge on any atom is -0.480 e. The summed E-state index contributed by atoms with van der Waals surface area (Å²) in [6.07, 6.45) is 1.88. The van der Waals surface area contributed by atoms with Crippen molar-refractivity contribution >= 4 is 18.0 Å². The zero-order chi connectivity index (χ0) is 15.3. The molecule has 0 bridgehead atoms. The first-order valence-corrected chi connectivity index (χ1v) is 6.80. The van der Waals surface area contributed by atoms with E-state index in [9.17, 15) is 14.4 Å². The van der Waals surface area contributed by atoms with Gasteiger partial charge in [-0.25, -0.2) is 14.4 Å². The Bertz CT molecular complexity index is 385. The molecular weight excluding hydrogens is 264 g/mol. The molecule has 114 valence electrons. The maximum absolute atomic E-state index is 12.2. The van der Waals surface area contributed by atoms with E-state index >= 15 is 0 Å². The Morgan fingerprint density at radius 1 is 1.45 bits per heavy atom. The Balaban J connectivity index is 2.73. The molecule has 1 aliphatic heterocycles. The predicted octanol–water partition coefficient (Wildman–Crippen LogP) is 0.833. The summed E-state index contributed by atoms with van der Waals surface area (Å²) in [7, 11) is 1.27. The van der Waals surface area contributed by atoms with E-state index < -0.39 is 30.1 Å². The van der Waals surface area contributed by atoms with E-state index in [1.54, 1.807) is 6.92 Å². The zero-order valence-electron chi connectivity index (χ0n) is 12.1. The Hall–Kier alpha value is -1.79. The number of carbonyl (C=O) groups excluding carboxylic acids is 2. The Morgan fingerprint density at radius 3 is 2.60 bits per heavy atom. The highest BCUT2D eigenvalue weighted by Crippen LogP contribution is 2.19. The number of nitrogens with zero attached hydrogens (tertiary/aromatic N) is 1. The van der Waals surface area contributed by atoms with E-state index in [1.807, 2.05) is 6.92 Å². The van der Waals surface area contributed by atoms with Gasteiger partial charge in [-0.1, -0.05) is 20.3 Å². The summed E-state index contributed by atoms with van der Waals surface area (Å²) in [5, 5.41) is 11.7. The summed E-state index contributed by atoms with van der Waals surface area (Å²) >= 11 is 0. The Labute approximate surface area is 118 Å². The van der Waals surface area contributed by atoms with Gasteiger partial charge in [0, 0.05) is 6.54 Å². The number of carboxylic acids is 1. The van der Waals surface area contributed by atoms with E-state index in [4.69, 9.17) is 5.11 Å². The van der Waals surface area contributed by atoms with Crippen molar-refractivity contribution < 1.29 is 24.2 Å². The van der Waals surface area contributed by atoms with Crippen LogP contribution in [0.5, 0.6) is 0 Å². The van der Waals surface area contributed by atoms with Gasteiger partial charge in [-0.05, 0) is 18.8 Å². The van der Waals surface area contributed by atoms with Gasteiger partial charge in [-0.2, -0.15) is 0 Å². The molecule has 7 heteroatoms. The fraction of sp³-hybridized carbons (Fsp3) is 0.769. The fourth-order valence-corrected chi connectivity index (χ4v) is 2.29. The van der Waals surface area contributed by atoms with Crippen molar-refractivity contribution in [3.63, 3.8) is 0 Å². The topological polar surface area (TPSA) is 95.9 Å². The molecule has 2 N–H and O–H groups in total. The maximum Gasteiger partial charge on any atom is 0.328 e. The quantitative estimate of drug-likeness (QED) is 0.730. The summed E-state index contributed by atoms with van der Waals surface area (Å²) in [6.45, 7) is 4.05. The van der Waals surface area contributed by atoms with Crippen LogP contribution in [0.4, 0.5) is 4.79 Å². The Kier molecular flexibility index (Phi) is 5.79. The molecule has 1 rings (SSSR count). The molecule has 1 saturated heterocycles. The summed E-state index contributed by atoms with van der Waals surface area (Å²) in [6, 6.07) is -2.09. The molecule has 1 heterocycles. The van der Waals surface area contributed by atoms with Gasteiger partial charge in [-0.3, -0.25) is 0 Å². The number of rotatable bonds is 5. The van der Waals surface area contributed by atoms with Gasteiger partial charge in [0.25, 0.3) is 0 Å². The van der Waals surface area contributed by atoms with Crippen molar-refractivity contribution in [1.82, 2.24) is 10.2 Å². The van der Waals surface area contributed by atoms with Crippen LogP contribution in [-0.4, -0.2) is 53.7 Å². The third-order valence-corrected chi connectivity index (χ3v) is 3.74. The smallest absolute Gasteiger partial charge is 0.328 e. The highest BCUT2D eigenvalue weighted by Gasteiger charge is 2.37. The standard InChI is InChI=1S/C13H22N2O5/c1-4-8(2)10(11(16)17)14-13(19)15-7-5-6-9(15)12(18)20-3/h8-10H,4-7H2,1-3H3,(H,14,19)(H,16,17)/t8-,9?,10-/m0/s1. The number of esters is 1. The second kappa shape index (κ2) is 7.12. The van der Waals surface area contributed by atoms with Crippen LogP contribution in [0.25, 0.3) is 0 Å². The monoisotopic (exact) mass is 286 g/mol. The molecule has 0 aromatic carbocycles. The SMILES string of the molecule is CC[C@H](C)[C@H](NC(=O)N1CCCC1C(=O)OC)C(=O)O. The second-order valence-electron chi connectivity index (χ2n) is 5.03. The number of methoxy groups -OCH3 is 1. The van der Waals surface area contributed by atoms with Gasteiger partial charge in [0.1, 0.15) is 12.1 Å². The van der Waals surface area contributed by atoms with E-state index in [1.165, 1.54) is 12.0 Å². The fourth-order valence-electron chi connectivity index (χ4n) is 2.29. The normalized spacial score (nSPS) is 21.1. The van der Waals surface area contributed by atoms with Gasteiger partial charge in [-0.15, -0.1) is 0 Å². The molecule has 0 aromatic heterocycles. The number of nitrogens with one attached hydrogen (secondary N) is 1. The number of hydrogen-bond acceptors (Lipinski definition) is 4. The van der Waals surface area contributed by atoms with Crippen molar-refractivity contribution in [2.75, 3.05) is 13.7 Å². The van der Waals surface area contributed by atoms with Gasteiger partial charge in [0.2, 0.25) is 0 Å². The molecule has 20 heavy (non-hydrogen) atoms. The molecule has 0 aliphatic carbocycles. The summed E-state index contributed by atoms with van der Waals surface area (Å²) in [4.78, 5) is 36.3. The zero-order valence-corrected chi connectivity index (χ0v) is 12.1. The number of carbonyl (C=O) groups is 3. The van der Waals surface area contributed by atoms with Crippen LogP contribution in [0.2, 0.25) is 0 Å². The average molecular weight is 286 g/mol. The average Bonchev–Trinajstić information content (AvgIpc) is 2.91. The molecule has 0 saturated carbocycles. The van der Waals surface area contributed by atoms with Gasteiger partial charge in [0.15, 0.2) is 0 Å². The predicted molar refractivity (Wildman–Crippen MR) is 71.2 cm³/mol. The molecule has 0 aromatic rings. The van der Waals surface area contributed by atoms with E-state index in [-0.39, 0.29) is 5.92 Å². The van der Waals surface area contributed by atoms with Crippen molar-refractivity contribution in [3.05, 3.63) is 0 Å². The van der Waals surface area contributed by atoms with Crippen LogP contribution in [0.3, 0.4) is 0 Å². The highest BCUT2D eigenvalue weighted by atomic mass is 16.5. The minimum atomic E-state index is -1.07. The first-order chi connectivity index (χ1) is 9.42. The summed E-state index contributed by atoms with van der Waals surface area (Å²) in [5.41, 5.74) is 0. The van der Waals surface area contributed by atoms with Crippen molar-refractivity contribution in [2.45, 2.75) is 45.2 Å². The van der Waals surface area contributed by atoms with Crippen molar-refractivity contribution in [3.8, 4) is 0 Å². The molecule has 1 aliphatic rings. The third kappa shape index (κ3) is 3.61. The molecule has 1 unspecified atom stereocenters. The first-order valence-electron chi connectivity index (χ1n) is 6.80. The lowest BCUT2D eigenvalue weighted by molar-refractivity contribution is -0.144. The lowest BCUT2D eigenvalue weighted by Gasteiger charge is -2.27. The van der Waals surface area contributed by atoms with E-state index in [0.717, 1.165) is 0 Å². The van der Waals surface area contributed by atoms with Gasteiger partial charge >= 0.3 is 18.0 Å². The molecule has 0 spiro atoms. The van der Waals surface area contributed by atoms with Gasteiger partial charge in [0.05, 0.1) is 7.11 Å². The number of likely N-dealkylation sites (tertiary alicyclic amines) is 1. The number of amides is 2. The van der Waals surface area contributed by atoms with E-state index in [0.29, 0.717) is 25.8 Å². The maximum atomic E-state index is 12.2. The molecule has 0 radical (unpaired) electrons. The van der Waals surface area contributed by atoms with Crippen molar-refractivity contribution in [2.24, 2.45) is 5.92 Å². The molecular formula is C13H22N2O5. The van der Waals surface area contributed by atoms with Crippen LogP contribution < -0.4 is 5.32 Å². The molecule has 2 amide bonds. The van der Waals surface area contributed by atoms with Crippen molar-refractivity contribution in [1.29, 1.82) is 0 Å². The van der Waals surface area contributed by atoms with E-state index in [2.05, 4.69) is 10.1 Å². The highest BCUT2D eigenvalue weighted by molar-refractivity contribution is 5.87. The van der Waals surface area contributed by atoms with Crippen LogP contribution in [0, 0.1) is 5.92 Å². The number of carboxylic acid groups (broad SMARTS) is 1. The van der Waals surface area contributed by atoms with Gasteiger partial charge < -0.3 is 20.1 Å². The number of aliphatic carboxylic acids is 1. The lowest BCUT2D eigenvalue weighted by Crippen LogP contribution is -2.53. The van der Waals surface area contributed by atoms with Crippen LogP contribution in [-0.2, 0) is 14.3 Å². The number of hydrogen-bond donors (Lipinski definition) is 2. The number of ether oxygens (including phenoxy) is 1. The van der Waals surface area contributed by atoms with Crippen LogP contribution in [0.15, 0.2) is 0 Å². The molecule has 3 atom stereocenters. The summed E-state index contributed by atoms with van der Waals surface area (Å²) < 4.78 is 4.66. The first kappa shape index (κ1) is 16.3. The van der Waals surface area contributed by atoms with Crippen LogP contribution in [0.1, 0.15) is 33.1 Å². The lowest BCUT2D eigenvalue weighted by atomic mass is 9.99. The minimum absolute atomic E-state index is 0.185. The molecule has 1 fully saturated rings. The van der Waals surface area contributed by atoms with Crippen LogP contribution >= 0.6 is 0 Å². The molecule has 7 nitrogen and oxygen atoms in total. The summed E-state index contributed by atoms with van der Waals surface area (Å²) in [5.74, 6) is -1.72. The largest absolute Gasteiger partial charge is 0.480 e. The number of urea groups is 1. The third-order valence-electron chi connectivity index (χ3n) is 3.74. The Morgan fingerprint density at radius 2 is 2.10 bits per heavy atom.